The van der Waals surface area contributed by atoms with Crippen molar-refractivity contribution >= 4 is 56.7 Å². The van der Waals surface area contributed by atoms with Gasteiger partial charge in [-0.3, -0.25) is 28.8 Å². The second kappa shape index (κ2) is 17.7. The van der Waals surface area contributed by atoms with E-state index in [0.717, 1.165) is 67.4 Å². The molecule has 0 spiro atoms. The lowest BCUT2D eigenvalue weighted by Gasteiger charge is -2.26. The largest absolute Gasteiger partial charge is 0.352 e. The monoisotopic (exact) mass is 678 g/mol. The fourth-order valence-electron chi connectivity index (χ4n) is 6.18. The molecule has 0 saturated heterocycles. The third-order valence-corrected chi connectivity index (χ3v) is 9.88. The molecule has 4 N–H and O–H groups in total. The number of anilines is 1. The van der Waals surface area contributed by atoms with E-state index in [1.807, 2.05) is 19.1 Å². The van der Waals surface area contributed by atoms with E-state index >= 15 is 0 Å². The Morgan fingerprint density at radius 1 is 0.958 bits per heavy atom. The Labute approximate surface area is 284 Å². The van der Waals surface area contributed by atoms with E-state index in [9.17, 15) is 28.8 Å². The number of pyridine rings is 1. The molecule has 12 nitrogen and oxygen atoms in total. The van der Waals surface area contributed by atoms with Crippen molar-refractivity contribution in [2.75, 3.05) is 5.32 Å². The topological polar surface area (TPSA) is 168 Å². The minimum Gasteiger partial charge on any atom is -0.352 e. The zero-order valence-corrected chi connectivity index (χ0v) is 28.7. The van der Waals surface area contributed by atoms with Crippen molar-refractivity contribution in [1.82, 2.24) is 25.5 Å². The molecule has 4 rings (SSSR count). The summed E-state index contributed by atoms with van der Waals surface area (Å²) < 4.78 is 2.00. The van der Waals surface area contributed by atoms with Crippen molar-refractivity contribution in [3.05, 3.63) is 58.0 Å². The summed E-state index contributed by atoms with van der Waals surface area (Å²) in [5.41, 5.74) is -0.0654. The molecule has 13 heteroatoms. The molecule has 3 atom stereocenters. The summed E-state index contributed by atoms with van der Waals surface area (Å²) in [6.07, 6.45) is 8.29. The summed E-state index contributed by atoms with van der Waals surface area (Å²) in [6.45, 7) is 6.00. The minimum absolute atomic E-state index is 0.0104. The number of para-hydroxylation sites is 1. The summed E-state index contributed by atoms with van der Waals surface area (Å²) >= 11 is 1.15. The van der Waals surface area contributed by atoms with Crippen LogP contribution in [0.4, 0.5) is 5.69 Å². The highest BCUT2D eigenvalue weighted by Crippen LogP contribution is 2.22. The van der Waals surface area contributed by atoms with Gasteiger partial charge in [-0.05, 0) is 62.3 Å². The first kappa shape index (κ1) is 36.4. The first-order chi connectivity index (χ1) is 23.1. The molecule has 1 aromatic carbocycles. The average molecular weight is 679 g/mol. The van der Waals surface area contributed by atoms with Crippen LogP contribution < -0.4 is 26.8 Å². The van der Waals surface area contributed by atoms with E-state index in [1.54, 1.807) is 18.2 Å². The van der Waals surface area contributed by atoms with E-state index in [1.165, 1.54) is 16.8 Å². The fourth-order valence-corrected chi connectivity index (χ4v) is 7.05. The number of carbonyl (C=O) groups excluding carboxylic acids is 5. The molecular formula is C35H46N6O6S. The molecule has 1 aliphatic carbocycles. The number of nitrogens with zero attached hydrogens (tertiary/aromatic N) is 2. The van der Waals surface area contributed by atoms with Crippen LogP contribution in [-0.4, -0.2) is 57.1 Å². The molecule has 2 aromatic heterocycles. The Morgan fingerprint density at radius 2 is 1.71 bits per heavy atom. The second-order valence-corrected chi connectivity index (χ2v) is 13.3. The van der Waals surface area contributed by atoms with Crippen LogP contribution in [0.1, 0.15) is 94.8 Å². The molecular weight excluding hydrogens is 632 g/mol. The van der Waals surface area contributed by atoms with Crippen LogP contribution in [0, 0.1) is 5.92 Å². The van der Waals surface area contributed by atoms with Crippen LogP contribution in [0.15, 0.2) is 47.4 Å². The van der Waals surface area contributed by atoms with Gasteiger partial charge >= 0.3 is 0 Å². The highest BCUT2D eigenvalue weighted by atomic mass is 32.1. The zero-order valence-electron chi connectivity index (χ0n) is 27.9. The maximum atomic E-state index is 13.6. The summed E-state index contributed by atoms with van der Waals surface area (Å²) in [6, 6.07) is 8.85. The summed E-state index contributed by atoms with van der Waals surface area (Å²) in [4.78, 5) is 82.7. The van der Waals surface area contributed by atoms with Crippen molar-refractivity contribution in [2.24, 2.45) is 5.92 Å². The highest BCUT2D eigenvalue weighted by Gasteiger charge is 2.28. The minimum atomic E-state index is -1.26. The van der Waals surface area contributed by atoms with Crippen LogP contribution in [0.5, 0.6) is 0 Å². The van der Waals surface area contributed by atoms with E-state index in [-0.39, 0.29) is 48.1 Å². The van der Waals surface area contributed by atoms with Crippen LogP contribution in [0.3, 0.4) is 0 Å². The third-order valence-electron chi connectivity index (χ3n) is 8.84. The predicted octanol–water partition coefficient (Wildman–Crippen LogP) is 4.32. The van der Waals surface area contributed by atoms with Crippen molar-refractivity contribution in [3.63, 3.8) is 0 Å². The number of carbonyl (C=O) groups is 5. The quantitative estimate of drug-likeness (QED) is 0.154. The Balaban J connectivity index is 1.47. The summed E-state index contributed by atoms with van der Waals surface area (Å²) in [5, 5.41) is 11.1. The predicted molar refractivity (Wildman–Crippen MR) is 186 cm³/mol. The Kier molecular flexibility index (Phi) is 13.4. The molecule has 0 radical (unpaired) electrons. The molecule has 4 amide bonds. The molecule has 0 aliphatic heterocycles. The Morgan fingerprint density at radius 3 is 2.40 bits per heavy atom. The van der Waals surface area contributed by atoms with Gasteiger partial charge in [0.1, 0.15) is 18.3 Å². The van der Waals surface area contributed by atoms with Crippen molar-refractivity contribution in [2.45, 2.75) is 110 Å². The van der Waals surface area contributed by atoms with Gasteiger partial charge in [-0.25, -0.2) is 4.98 Å². The number of benzene rings is 1. The van der Waals surface area contributed by atoms with Crippen molar-refractivity contribution in [3.8, 4) is 0 Å². The van der Waals surface area contributed by atoms with Gasteiger partial charge in [0.15, 0.2) is 5.01 Å². The maximum absolute atomic E-state index is 13.6. The average Bonchev–Trinajstić information content (AvgIpc) is 3.76. The van der Waals surface area contributed by atoms with E-state index in [4.69, 9.17) is 0 Å². The number of hydrogen-bond donors (Lipinski definition) is 4. The molecule has 3 aromatic rings. The standard InChI is InChI=1S/C35H46N6O6S/c1-4-12-22(5-2)24(6-3)37-30(43)21-41-20-11-16-27(35(41)47)39-31(44)26(18-19-28(42)32(45)36-23-13-7-8-14-23)38-33(46)34-40-25-15-9-10-17-29(25)48-34/h9-11,15-17,20,22-24,26H,4-8,12-14,18-19,21H2,1-3H3,(H,36,45)(H,37,43)(H,38,46)(H,39,44). The number of hydrogen-bond acceptors (Lipinski definition) is 8. The van der Waals surface area contributed by atoms with E-state index < -0.39 is 35.1 Å². The molecule has 258 valence electrons. The number of amides is 4. The molecule has 1 aliphatic rings. The number of thiazole rings is 1. The van der Waals surface area contributed by atoms with E-state index in [2.05, 4.69) is 40.1 Å². The lowest BCUT2D eigenvalue weighted by molar-refractivity contribution is -0.138. The van der Waals surface area contributed by atoms with Gasteiger partial charge < -0.3 is 25.8 Å². The second-order valence-electron chi connectivity index (χ2n) is 12.3. The SMILES string of the molecule is CCCC(CC)C(CC)NC(=O)Cn1cccc(NC(=O)C(CCC(=O)C(=O)NC2CCCC2)NC(=O)c2nc3ccccc3s2)c1=O. The number of ketones is 1. The number of Topliss-reactive ketones (excluding diaryl/α,β-unsaturated/α-hetero) is 1. The molecule has 0 bridgehead atoms. The van der Waals surface area contributed by atoms with Gasteiger partial charge in [0, 0.05) is 24.7 Å². The number of nitrogens with one attached hydrogen (secondary N) is 4. The van der Waals surface area contributed by atoms with Crippen molar-refractivity contribution < 1.29 is 24.0 Å². The van der Waals surface area contributed by atoms with Crippen LogP contribution in [0.2, 0.25) is 0 Å². The molecule has 1 fully saturated rings. The smallest absolute Gasteiger partial charge is 0.287 e. The van der Waals surface area contributed by atoms with Gasteiger partial charge in [-0.1, -0.05) is 58.6 Å². The summed E-state index contributed by atoms with van der Waals surface area (Å²) in [5.74, 6) is -2.76. The molecule has 1 saturated carbocycles. The lowest BCUT2D eigenvalue weighted by Crippen LogP contribution is -2.46. The van der Waals surface area contributed by atoms with Crippen LogP contribution >= 0.6 is 11.3 Å². The van der Waals surface area contributed by atoms with Gasteiger partial charge in [0.25, 0.3) is 17.4 Å². The first-order valence-corrected chi connectivity index (χ1v) is 17.7. The molecule has 48 heavy (non-hydrogen) atoms. The van der Waals surface area contributed by atoms with Gasteiger partial charge in [0.2, 0.25) is 17.6 Å². The number of aromatic nitrogens is 2. The number of fused-ring (bicyclic) bond motifs is 1. The third kappa shape index (κ3) is 9.82. The zero-order chi connectivity index (χ0) is 34.6. The number of rotatable bonds is 17. The van der Waals surface area contributed by atoms with Crippen LogP contribution in [0.25, 0.3) is 10.2 Å². The fraction of sp³-hybridized carbons (Fsp3) is 0.514. The summed E-state index contributed by atoms with van der Waals surface area (Å²) in [7, 11) is 0. The lowest BCUT2D eigenvalue weighted by atomic mass is 9.90. The first-order valence-electron chi connectivity index (χ1n) is 16.9. The van der Waals surface area contributed by atoms with Crippen LogP contribution in [-0.2, 0) is 25.7 Å². The molecule has 3 unspecified atom stereocenters. The van der Waals surface area contributed by atoms with Crippen molar-refractivity contribution in [1.29, 1.82) is 0 Å². The highest BCUT2D eigenvalue weighted by molar-refractivity contribution is 7.20. The van der Waals surface area contributed by atoms with Gasteiger partial charge in [0.05, 0.1) is 10.2 Å². The van der Waals surface area contributed by atoms with Gasteiger partial charge in [-0.15, -0.1) is 11.3 Å². The molecule has 2 heterocycles. The van der Waals surface area contributed by atoms with E-state index in [0.29, 0.717) is 11.4 Å². The maximum Gasteiger partial charge on any atom is 0.287 e. The van der Waals surface area contributed by atoms with Gasteiger partial charge in [-0.2, -0.15) is 0 Å². The Bertz CT molecular complexity index is 1630. The Hall–Kier alpha value is -4.39. The normalized spacial score (nSPS) is 15.0.